The Kier molecular flexibility index (Phi) is 11.2. The zero-order valence-electron chi connectivity index (χ0n) is 22.6. The maximum absolute atomic E-state index is 13.4. The van der Waals surface area contributed by atoms with Crippen LogP contribution in [0.2, 0.25) is 0 Å². The maximum atomic E-state index is 13.4. The second-order valence-corrected chi connectivity index (χ2v) is 11.0. The summed E-state index contributed by atoms with van der Waals surface area (Å²) in [5, 5.41) is 2.91. The van der Waals surface area contributed by atoms with Crippen LogP contribution < -0.4 is 19.1 Å². The van der Waals surface area contributed by atoms with Crippen LogP contribution >= 0.6 is 0 Å². The second kappa shape index (κ2) is 13.9. The van der Waals surface area contributed by atoms with Gasteiger partial charge in [-0.05, 0) is 68.7 Å². The molecule has 1 N–H and O–H groups in total. The van der Waals surface area contributed by atoms with E-state index in [1.165, 1.54) is 11.4 Å². The molecule has 0 aliphatic carbocycles. The Hall–Kier alpha value is -3.27. The predicted molar refractivity (Wildman–Crippen MR) is 145 cm³/mol. The van der Waals surface area contributed by atoms with Crippen molar-refractivity contribution in [1.82, 2.24) is 10.2 Å². The zero-order valence-corrected chi connectivity index (χ0v) is 23.4. The van der Waals surface area contributed by atoms with E-state index in [0.29, 0.717) is 30.0 Å². The molecule has 2 aromatic rings. The van der Waals surface area contributed by atoms with E-state index in [0.717, 1.165) is 11.8 Å². The van der Waals surface area contributed by atoms with Crippen molar-refractivity contribution in [3.8, 4) is 11.5 Å². The average molecular weight is 534 g/mol. The lowest BCUT2D eigenvalue weighted by Gasteiger charge is -2.31. The van der Waals surface area contributed by atoms with Crippen LogP contribution in [0.15, 0.2) is 48.5 Å². The quantitative estimate of drug-likeness (QED) is 0.398. The molecular formula is C27H39N3O6S. The van der Waals surface area contributed by atoms with E-state index < -0.39 is 16.1 Å². The molecule has 0 saturated carbocycles. The number of carbonyl (C=O) groups excluding carboxylic acids is 2. The van der Waals surface area contributed by atoms with E-state index in [-0.39, 0.29) is 37.4 Å². The zero-order chi connectivity index (χ0) is 27.6. The molecule has 0 aromatic heterocycles. The van der Waals surface area contributed by atoms with Gasteiger partial charge in [0, 0.05) is 25.6 Å². The lowest BCUT2D eigenvalue weighted by atomic mass is 10.1. The van der Waals surface area contributed by atoms with Crippen LogP contribution in [0.25, 0.3) is 0 Å². The van der Waals surface area contributed by atoms with Crippen molar-refractivity contribution in [3.05, 3.63) is 54.1 Å². The number of nitrogens with one attached hydrogen (secondary N) is 1. The van der Waals surface area contributed by atoms with Crippen LogP contribution in [-0.2, 0) is 26.2 Å². The van der Waals surface area contributed by atoms with E-state index in [1.54, 1.807) is 36.3 Å². The fraction of sp³-hybridized carbons (Fsp3) is 0.481. The molecule has 0 unspecified atom stereocenters. The molecular weight excluding hydrogens is 494 g/mol. The van der Waals surface area contributed by atoms with Gasteiger partial charge >= 0.3 is 0 Å². The smallest absolute Gasteiger partial charge is 0.243 e. The van der Waals surface area contributed by atoms with E-state index in [2.05, 4.69) is 5.32 Å². The molecule has 10 heteroatoms. The topological polar surface area (TPSA) is 105 Å². The highest BCUT2D eigenvalue weighted by Crippen LogP contribution is 2.23. The minimum atomic E-state index is -3.57. The molecule has 1 atom stereocenters. The van der Waals surface area contributed by atoms with Gasteiger partial charge in [0.2, 0.25) is 21.8 Å². The Morgan fingerprint density at radius 2 is 1.49 bits per heavy atom. The Morgan fingerprint density at radius 1 is 0.946 bits per heavy atom. The highest BCUT2D eigenvalue weighted by atomic mass is 32.2. The number of amides is 2. The van der Waals surface area contributed by atoms with Crippen molar-refractivity contribution < 1.29 is 27.5 Å². The van der Waals surface area contributed by atoms with Crippen molar-refractivity contribution >= 4 is 27.5 Å². The third-order valence-electron chi connectivity index (χ3n) is 5.84. The fourth-order valence-corrected chi connectivity index (χ4v) is 4.95. The highest BCUT2D eigenvalue weighted by molar-refractivity contribution is 7.92. The first-order valence-corrected chi connectivity index (χ1v) is 14.2. The molecule has 9 nitrogen and oxygen atoms in total. The van der Waals surface area contributed by atoms with E-state index in [1.807, 2.05) is 45.0 Å². The summed E-state index contributed by atoms with van der Waals surface area (Å²) in [5.41, 5.74) is 1.36. The maximum Gasteiger partial charge on any atom is 0.243 e. The summed E-state index contributed by atoms with van der Waals surface area (Å²) in [7, 11) is -0.445. The minimum Gasteiger partial charge on any atom is -0.497 e. The number of benzene rings is 2. The van der Waals surface area contributed by atoms with Crippen LogP contribution in [0.5, 0.6) is 11.5 Å². The summed E-state index contributed by atoms with van der Waals surface area (Å²) in [4.78, 5) is 28.0. The van der Waals surface area contributed by atoms with Crippen molar-refractivity contribution in [1.29, 1.82) is 0 Å². The monoisotopic (exact) mass is 533 g/mol. The third kappa shape index (κ3) is 8.96. The molecule has 0 saturated heterocycles. The molecule has 2 rings (SSSR count). The predicted octanol–water partition coefficient (Wildman–Crippen LogP) is 3.58. The van der Waals surface area contributed by atoms with Crippen molar-refractivity contribution in [2.75, 3.05) is 31.3 Å². The number of sulfonamides is 1. The third-order valence-corrected chi connectivity index (χ3v) is 7.04. The van der Waals surface area contributed by atoms with Gasteiger partial charge in [-0.1, -0.05) is 19.1 Å². The summed E-state index contributed by atoms with van der Waals surface area (Å²) >= 11 is 0. The Bertz CT molecular complexity index is 1120. The summed E-state index contributed by atoms with van der Waals surface area (Å²) in [5.74, 6) is 0.887. The molecule has 0 heterocycles. The minimum absolute atomic E-state index is 0.0627. The molecule has 2 amide bonds. The van der Waals surface area contributed by atoms with Crippen LogP contribution in [-0.4, -0.2) is 64.2 Å². The summed E-state index contributed by atoms with van der Waals surface area (Å²) in [6, 6.07) is 13.3. The molecule has 0 aliphatic rings. The van der Waals surface area contributed by atoms with Crippen LogP contribution in [0.4, 0.5) is 5.69 Å². The van der Waals surface area contributed by atoms with Crippen molar-refractivity contribution in [2.45, 2.75) is 58.7 Å². The van der Waals surface area contributed by atoms with Gasteiger partial charge in [0.05, 0.1) is 26.2 Å². The summed E-state index contributed by atoms with van der Waals surface area (Å²) in [6.07, 6.45) is 1.96. The highest BCUT2D eigenvalue weighted by Gasteiger charge is 2.29. The molecule has 0 bridgehead atoms. The average Bonchev–Trinajstić information content (AvgIpc) is 2.85. The van der Waals surface area contributed by atoms with Crippen molar-refractivity contribution in [2.24, 2.45) is 0 Å². The SMILES string of the molecule is CC[C@H](C(=O)NC(C)C)N(Cc1ccc(OC)cc1)C(=O)CCCN(c1ccc(OC)cc1)S(C)(=O)=O. The first kappa shape index (κ1) is 30.0. The number of hydrogen-bond acceptors (Lipinski definition) is 6. The van der Waals surface area contributed by atoms with Crippen LogP contribution in [0.1, 0.15) is 45.6 Å². The number of ether oxygens (including phenoxy) is 2. The van der Waals surface area contributed by atoms with E-state index in [9.17, 15) is 18.0 Å². The van der Waals surface area contributed by atoms with Gasteiger partial charge in [0.15, 0.2) is 0 Å². The van der Waals surface area contributed by atoms with E-state index in [4.69, 9.17) is 9.47 Å². The van der Waals surface area contributed by atoms with Gasteiger partial charge in [-0.15, -0.1) is 0 Å². The number of methoxy groups -OCH3 is 2. The first-order chi connectivity index (χ1) is 17.5. The molecule has 37 heavy (non-hydrogen) atoms. The molecule has 0 aliphatic heterocycles. The molecule has 2 aromatic carbocycles. The van der Waals surface area contributed by atoms with Crippen LogP contribution in [0, 0.1) is 0 Å². The van der Waals surface area contributed by atoms with E-state index >= 15 is 0 Å². The number of anilines is 1. The number of carbonyl (C=O) groups is 2. The van der Waals surface area contributed by atoms with Gasteiger partial charge in [-0.25, -0.2) is 8.42 Å². The normalized spacial score (nSPS) is 12.1. The second-order valence-electron chi connectivity index (χ2n) is 9.09. The fourth-order valence-electron chi connectivity index (χ4n) is 3.98. The molecule has 0 fully saturated rings. The number of rotatable bonds is 14. The molecule has 0 spiro atoms. The molecule has 0 radical (unpaired) electrons. The molecule has 204 valence electrons. The number of hydrogen-bond donors (Lipinski definition) is 1. The van der Waals surface area contributed by atoms with Gasteiger partial charge in [-0.3, -0.25) is 13.9 Å². The Balaban J connectivity index is 2.21. The lowest BCUT2D eigenvalue weighted by Crippen LogP contribution is -2.50. The Labute approximate surface area is 220 Å². The van der Waals surface area contributed by atoms with Gasteiger partial charge in [0.1, 0.15) is 17.5 Å². The standard InChI is InChI=1S/C27H39N3O6S/c1-7-25(27(32)28-20(2)3)29(19-21-10-14-23(35-4)15-11-21)26(31)9-8-18-30(37(6,33)34)22-12-16-24(36-5)17-13-22/h10-17,20,25H,7-9,18-19H2,1-6H3,(H,28,32)/t25-/m1/s1. The lowest BCUT2D eigenvalue weighted by molar-refractivity contribution is -0.141. The first-order valence-electron chi connectivity index (χ1n) is 12.3. The van der Waals surface area contributed by atoms with Crippen molar-refractivity contribution in [3.63, 3.8) is 0 Å². The van der Waals surface area contributed by atoms with Gasteiger partial charge in [0.25, 0.3) is 0 Å². The largest absolute Gasteiger partial charge is 0.497 e. The van der Waals surface area contributed by atoms with Gasteiger partial charge < -0.3 is 19.7 Å². The van der Waals surface area contributed by atoms with Crippen LogP contribution in [0.3, 0.4) is 0 Å². The summed E-state index contributed by atoms with van der Waals surface area (Å²) < 4.78 is 36.6. The Morgan fingerprint density at radius 3 is 1.95 bits per heavy atom. The van der Waals surface area contributed by atoms with Gasteiger partial charge in [-0.2, -0.15) is 0 Å². The number of nitrogens with zero attached hydrogens (tertiary/aromatic N) is 2. The summed E-state index contributed by atoms with van der Waals surface area (Å²) in [6.45, 7) is 6.00.